The van der Waals surface area contributed by atoms with E-state index < -0.39 is 16.1 Å². The maximum absolute atomic E-state index is 11.9. The summed E-state index contributed by atoms with van der Waals surface area (Å²) in [6, 6.07) is 6.48. The van der Waals surface area contributed by atoms with E-state index in [-0.39, 0.29) is 11.1 Å². The third-order valence-corrected chi connectivity index (χ3v) is 6.95. The first kappa shape index (κ1) is 19.3. The van der Waals surface area contributed by atoms with Crippen LogP contribution in [0.15, 0.2) is 41.9 Å². The van der Waals surface area contributed by atoms with E-state index in [4.69, 9.17) is 9.88 Å². The van der Waals surface area contributed by atoms with Crippen molar-refractivity contribution in [2.24, 2.45) is 17.0 Å². The zero-order chi connectivity index (χ0) is 20.1. The minimum absolute atomic E-state index is 0.0833. The Balaban J connectivity index is 1.81. The molecule has 1 aromatic carbocycles. The Kier molecular flexibility index (Phi) is 4.91. The normalized spacial score (nSPS) is 28.2. The smallest absolute Gasteiger partial charge is 0.255 e. The first-order chi connectivity index (χ1) is 13.3. The van der Waals surface area contributed by atoms with Crippen LogP contribution in [-0.4, -0.2) is 49.6 Å². The number of primary sulfonamides is 1. The summed E-state index contributed by atoms with van der Waals surface area (Å²) >= 11 is 0. The molecule has 2 aromatic rings. The number of aliphatic hydroxyl groups is 1. The standard InChI is InChI=1S/C20H25N3O4S/c1-3-12-11-23-7-6-13(12)8-18(23)20(24)16-10-19(28(21,25)26)22-17-5-4-14(27-2)9-15(16)17/h3-5,9-10,12-13,18,20,24H,1,6-8,11H2,2H3,(H2,21,25,26)/t12-,13?,18-,20+/m0/s1. The van der Waals surface area contributed by atoms with E-state index in [0.29, 0.717) is 34.1 Å². The number of rotatable bonds is 5. The number of methoxy groups -OCH3 is 1. The van der Waals surface area contributed by atoms with Gasteiger partial charge >= 0.3 is 0 Å². The number of aliphatic hydroxyl groups excluding tert-OH is 1. The summed E-state index contributed by atoms with van der Waals surface area (Å²) in [6.45, 7) is 5.72. The highest BCUT2D eigenvalue weighted by Gasteiger charge is 2.42. The van der Waals surface area contributed by atoms with Gasteiger partial charge in [0.25, 0.3) is 10.0 Å². The van der Waals surface area contributed by atoms with Crippen molar-refractivity contribution in [3.8, 4) is 5.75 Å². The number of nitrogens with zero attached hydrogens (tertiary/aromatic N) is 2. The van der Waals surface area contributed by atoms with E-state index in [1.807, 2.05) is 6.08 Å². The van der Waals surface area contributed by atoms with E-state index in [2.05, 4.69) is 16.5 Å². The van der Waals surface area contributed by atoms with Gasteiger partial charge in [-0.15, -0.1) is 6.58 Å². The number of pyridine rings is 1. The first-order valence-electron chi connectivity index (χ1n) is 9.38. The van der Waals surface area contributed by atoms with Crippen LogP contribution < -0.4 is 9.88 Å². The van der Waals surface area contributed by atoms with Crippen LogP contribution in [0.2, 0.25) is 0 Å². The minimum atomic E-state index is -4.00. The molecule has 150 valence electrons. The summed E-state index contributed by atoms with van der Waals surface area (Å²) in [5, 5.41) is 17.1. The van der Waals surface area contributed by atoms with Gasteiger partial charge < -0.3 is 9.84 Å². The third kappa shape index (κ3) is 3.30. The van der Waals surface area contributed by atoms with Gasteiger partial charge in [0.05, 0.1) is 18.7 Å². The molecule has 3 fully saturated rings. The van der Waals surface area contributed by atoms with Crippen LogP contribution in [0.1, 0.15) is 24.5 Å². The van der Waals surface area contributed by atoms with Crippen molar-refractivity contribution < 1.29 is 18.3 Å². The van der Waals surface area contributed by atoms with Gasteiger partial charge in [0, 0.05) is 18.0 Å². The van der Waals surface area contributed by atoms with Crippen molar-refractivity contribution in [1.82, 2.24) is 9.88 Å². The fourth-order valence-electron chi connectivity index (χ4n) is 4.64. The number of ether oxygens (including phenoxy) is 1. The molecule has 0 aliphatic carbocycles. The molecule has 8 heteroatoms. The molecule has 0 amide bonds. The van der Waals surface area contributed by atoms with Crippen molar-refractivity contribution in [1.29, 1.82) is 0 Å². The van der Waals surface area contributed by atoms with Crippen molar-refractivity contribution in [3.05, 3.63) is 42.5 Å². The lowest BCUT2D eigenvalue weighted by Crippen LogP contribution is -2.54. The molecule has 3 aliphatic rings. The number of hydrogen-bond donors (Lipinski definition) is 2. The molecule has 7 nitrogen and oxygen atoms in total. The summed E-state index contributed by atoms with van der Waals surface area (Å²) in [4.78, 5) is 6.45. The van der Waals surface area contributed by atoms with Gasteiger partial charge in [0.2, 0.25) is 0 Å². The Labute approximate surface area is 164 Å². The minimum Gasteiger partial charge on any atom is -0.497 e. The monoisotopic (exact) mass is 403 g/mol. The molecule has 1 aromatic heterocycles. The number of piperidine rings is 3. The zero-order valence-corrected chi connectivity index (χ0v) is 16.6. The second-order valence-electron chi connectivity index (χ2n) is 7.67. The topological polar surface area (TPSA) is 106 Å². The Morgan fingerprint density at radius 3 is 2.82 bits per heavy atom. The lowest BCUT2D eigenvalue weighted by Gasteiger charge is -2.50. The number of nitrogens with two attached hydrogens (primary N) is 1. The molecule has 3 saturated heterocycles. The average Bonchev–Trinajstić information content (AvgIpc) is 2.71. The predicted molar refractivity (Wildman–Crippen MR) is 106 cm³/mol. The molecule has 2 unspecified atom stereocenters. The lowest BCUT2D eigenvalue weighted by molar-refractivity contribution is -0.0445. The van der Waals surface area contributed by atoms with E-state index in [0.717, 1.165) is 25.9 Å². The summed E-state index contributed by atoms with van der Waals surface area (Å²) in [6.07, 6.45) is 3.08. The van der Waals surface area contributed by atoms with Gasteiger partial charge in [-0.1, -0.05) is 6.08 Å². The van der Waals surface area contributed by atoms with Gasteiger partial charge in [0.1, 0.15) is 5.75 Å². The predicted octanol–water partition coefficient (Wildman–Crippen LogP) is 1.82. The van der Waals surface area contributed by atoms with Crippen molar-refractivity contribution >= 4 is 20.9 Å². The van der Waals surface area contributed by atoms with Crippen LogP contribution in [0.5, 0.6) is 5.75 Å². The molecule has 0 radical (unpaired) electrons. The second kappa shape index (κ2) is 7.11. The maximum atomic E-state index is 11.9. The number of benzene rings is 1. The molecule has 4 heterocycles. The summed E-state index contributed by atoms with van der Waals surface area (Å²) < 4.78 is 29.2. The molecule has 0 saturated carbocycles. The van der Waals surface area contributed by atoms with Gasteiger partial charge in [-0.25, -0.2) is 18.5 Å². The van der Waals surface area contributed by atoms with Gasteiger partial charge in [-0.2, -0.15) is 0 Å². The fraction of sp³-hybridized carbons (Fsp3) is 0.450. The summed E-state index contributed by atoms with van der Waals surface area (Å²) in [7, 11) is -2.44. The quantitative estimate of drug-likeness (QED) is 0.738. The van der Waals surface area contributed by atoms with Crippen molar-refractivity contribution in [2.45, 2.75) is 30.0 Å². The lowest BCUT2D eigenvalue weighted by atomic mass is 9.73. The molecule has 3 aliphatic heterocycles. The first-order valence-corrected chi connectivity index (χ1v) is 10.9. The largest absolute Gasteiger partial charge is 0.497 e. The van der Waals surface area contributed by atoms with E-state index >= 15 is 0 Å². The van der Waals surface area contributed by atoms with Crippen LogP contribution in [0.3, 0.4) is 0 Å². The summed E-state index contributed by atoms with van der Waals surface area (Å²) in [5.74, 6) is 1.54. The maximum Gasteiger partial charge on any atom is 0.255 e. The van der Waals surface area contributed by atoms with Gasteiger partial charge in [0.15, 0.2) is 5.03 Å². The Morgan fingerprint density at radius 2 is 2.21 bits per heavy atom. The second-order valence-corrected chi connectivity index (χ2v) is 9.18. The third-order valence-electron chi connectivity index (χ3n) is 6.15. The molecule has 28 heavy (non-hydrogen) atoms. The van der Waals surface area contributed by atoms with Crippen LogP contribution in [-0.2, 0) is 10.0 Å². The number of aromatic nitrogens is 1. The Hall–Kier alpha value is -2.00. The zero-order valence-electron chi connectivity index (χ0n) is 15.8. The van der Waals surface area contributed by atoms with Crippen LogP contribution in [0, 0.1) is 11.8 Å². The highest BCUT2D eigenvalue weighted by Crippen LogP contribution is 2.42. The molecule has 5 rings (SSSR count). The molecular formula is C20H25N3O4S. The van der Waals surface area contributed by atoms with Gasteiger partial charge in [-0.3, -0.25) is 4.90 Å². The molecular weight excluding hydrogens is 378 g/mol. The average molecular weight is 404 g/mol. The SMILES string of the molecule is C=C[C@H]1CN2CCC1C[C@H]2[C@H](O)c1cc(S(N)(=O)=O)nc2ccc(OC)cc12. The highest BCUT2D eigenvalue weighted by molar-refractivity contribution is 7.89. The fourth-order valence-corrected chi connectivity index (χ4v) is 5.15. The number of fused-ring (bicyclic) bond motifs is 4. The Morgan fingerprint density at radius 1 is 1.43 bits per heavy atom. The molecule has 5 atom stereocenters. The van der Waals surface area contributed by atoms with E-state index in [1.165, 1.54) is 6.07 Å². The highest BCUT2D eigenvalue weighted by atomic mass is 32.2. The van der Waals surface area contributed by atoms with Gasteiger partial charge in [-0.05, 0) is 61.1 Å². The van der Waals surface area contributed by atoms with Crippen molar-refractivity contribution in [3.63, 3.8) is 0 Å². The molecule has 2 bridgehead atoms. The molecule has 0 spiro atoms. The summed E-state index contributed by atoms with van der Waals surface area (Å²) in [5.41, 5.74) is 0.974. The van der Waals surface area contributed by atoms with Crippen molar-refractivity contribution in [2.75, 3.05) is 20.2 Å². The van der Waals surface area contributed by atoms with Crippen LogP contribution >= 0.6 is 0 Å². The molecule has 3 N–H and O–H groups in total. The number of hydrogen-bond acceptors (Lipinski definition) is 6. The van der Waals surface area contributed by atoms with E-state index in [1.54, 1.807) is 25.3 Å². The Bertz CT molecular complexity index is 1020. The van der Waals surface area contributed by atoms with Crippen LogP contribution in [0.4, 0.5) is 0 Å². The van der Waals surface area contributed by atoms with Crippen LogP contribution in [0.25, 0.3) is 10.9 Å². The van der Waals surface area contributed by atoms with E-state index in [9.17, 15) is 13.5 Å². The number of sulfonamides is 1.